The summed E-state index contributed by atoms with van der Waals surface area (Å²) >= 11 is 19.2. The van der Waals surface area contributed by atoms with Crippen molar-refractivity contribution in [1.82, 2.24) is 0 Å². The molecule has 9 heteroatoms. The maximum absolute atomic E-state index is 13.1. The predicted octanol–water partition coefficient (Wildman–Crippen LogP) is 6.37. The van der Waals surface area contributed by atoms with Gasteiger partial charge in [0.15, 0.2) is 15.8 Å². The smallest absolute Gasteiger partial charge is 0.270 e. The molecule has 1 aliphatic heterocycles. The summed E-state index contributed by atoms with van der Waals surface area (Å²) in [6, 6.07) is 8.54. The fourth-order valence-corrected chi connectivity index (χ4v) is 4.68. The third kappa shape index (κ3) is 5.18. The van der Waals surface area contributed by atoms with E-state index in [1.165, 1.54) is 23.8 Å². The lowest BCUT2D eigenvalue weighted by atomic mass is 10.1. The van der Waals surface area contributed by atoms with Crippen LogP contribution in [0.2, 0.25) is 10.0 Å². The maximum atomic E-state index is 13.1. The number of thiocarbonyl (C=S) groups is 1. The van der Waals surface area contributed by atoms with Gasteiger partial charge in [0, 0.05) is 0 Å². The molecule has 1 amide bonds. The molecule has 0 bridgehead atoms. The number of nitrogens with zero attached hydrogens (tertiary/aromatic N) is 1. The molecule has 1 fully saturated rings. The number of carbonyl (C=O) groups excluding carboxylic acids is 1. The Hall–Kier alpha value is -2.19. The quantitative estimate of drug-likeness (QED) is 0.241. The summed E-state index contributed by atoms with van der Waals surface area (Å²) in [6.07, 6.45) is 3.34. The number of hydrogen-bond acceptors (Lipinski definition) is 6. The molecule has 31 heavy (non-hydrogen) atoms. The molecule has 1 aliphatic rings. The van der Waals surface area contributed by atoms with E-state index in [9.17, 15) is 4.79 Å². The molecule has 0 radical (unpaired) electrons. The van der Waals surface area contributed by atoms with Gasteiger partial charge in [0.1, 0.15) is 12.4 Å². The van der Waals surface area contributed by atoms with Gasteiger partial charge in [-0.15, -0.1) is 0 Å². The van der Waals surface area contributed by atoms with Crippen molar-refractivity contribution in [3.8, 4) is 17.2 Å². The first-order valence-electron chi connectivity index (χ1n) is 9.21. The van der Waals surface area contributed by atoms with Crippen LogP contribution in [-0.4, -0.2) is 30.6 Å². The second-order valence-electron chi connectivity index (χ2n) is 6.20. The lowest BCUT2D eigenvalue weighted by molar-refractivity contribution is -0.113. The van der Waals surface area contributed by atoms with Crippen LogP contribution in [0.15, 0.2) is 47.9 Å². The Kier molecular flexibility index (Phi) is 7.89. The number of halogens is 2. The highest BCUT2D eigenvalue weighted by atomic mass is 35.5. The minimum absolute atomic E-state index is 0.253. The van der Waals surface area contributed by atoms with Crippen molar-refractivity contribution in [1.29, 1.82) is 0 Å². The molecule has 162 valence electrons. The van der Waals surface area contributed by atoms with Gasteiger partial charge in [-0.05, 0) is 48.9 Å². The van der Waals surface area contributed by atoms with Crippen LogP contribution in [0.1, 0.15) is 12.5 Å². The number of anilines is 1. The molecule has 1 heterocycles. The normalized spacial score (nSPS) is 14.8. The topological polar surface area (TPSA) is 48.0 Å². The molecule has 2 aromatic rings. The molecule has 5 nitrogen and oxygen atoms in total. The first-order valence-corrected chi connectivity index (χ1v) is 11.2. The first kappa shape index (κ1) is 23.5. The minimum Gasteiger partial charge on any atom is -0.495 e. The predicted molar refractivity (Wildman–Crippen MR) is 132 cm³/mol. The van der Waals surface area contributed by atoms with Gasteiger partial charge in [0.05, 0.1) is 34.4 Å². The Bertz CT molecular complexity index is 1070. The van der Waals surface area contributed by atoms with Gasteiger partial charge in [-0.2, -0.15) is 0 Å². The fourth-order valence-electron chi connectivity index (χ4n) is 2.85. The van der Waals surface area contributed by atoms with Crippen molar-refractivity contribution >= 4 is 69.2 Å². The monoisotopic (exact) mass is 495 g/mol. The highest BCUT2D eigenvalue weighted by molar-refractivity contribution is 8.27. The van der Waals surface area contributed by atoms with Gasteiger partial charge >= 0.3 is 0 Å². The van der Waals surface area contributed by atoms with Crippen LogP contribution in [0, 0.1) is 0 Å². The zero-order chi connectivity index (χ0) is 22.5. The molecule has 0 unspecified atom stereocenters. The van der Waals surface area contributed by atoms with Crippen LogP contribution in [0.25, 0.3) is 6.08 Å². The molecule has 1 saturated heterocycles. The van der Waals surface area contributed by atoms with Crippen molar-refractivity contribution in [3.63, 3.8) is 0 Å². The third-order valence-electron chi connectivity index (χ3n) is 4.16. The number of rotatable bonds is 8. The number of methoxy groups -OCH3 is 1. The second kappa shape index (κ2) is 10.4. The highest BCUT2D eigenvalue weighted by Gasteiger charge is 2.33. The number of benzene rings is 2. The first-order chi connectivity index (χ1) is 14.9. The van der Waals surface area contributed by atoms with Gasteiger partial charge in [0.2, 0.25) is 0 Å². The van der Waals surface area contributed by atoms with E-state index in [0.29, 0.717) is 61.0 Å². The van der Waals surface area contributed by atoms with Crippen LogP contribution in [-0.2, 0) is 4.79 Å². The van der Waals surface area contributed by atoms with Crippen molar-refractivity contribution in [3.05, 3.63) is 63.5 Å². The van der Waals surface area contributed by atoms with Gasteiger partial charge < -0.3 is 14.2 Å². The Balaban J connectivity index is 1.93. The van der Waals surface area contributed by atoms with E-state index in [1.54, 1.807) is 42.5 Å². The van der Waals surface area contributed by atoms with Crippen LogP contribution >= 0.6 is 47.2 Å². The van der Waals surface area contributed by atoms with Crippen molar-refractivity contribution in [2.45, 2.75) is 6.92 Å². The largest absolute Gasteiger partial charge is 0.495 e. The fraction of sp³-hybridized carbons (Fsp3) is 0.182. The zero-order valence-electron chi connectivity index (χ0n) is 16.8. The van der Waals surface area contributed by atoms with Crippen LogP contribution in [0.5, 0.6) is 17.2 Å². The highest BCUT2D eigenvalue weighted by Crippen LogP contribution is 2.41. The number of ether oxygens (including phenoxy) is 3. The lowest BCUT2D eigenvalue weighted by Crippen LogP contribution is -2.27. The molecule has 0 N–H and O–H groups in total. The van der Waals surface area contributed by atoms with Crippen molar-refractivity contribution in [2.75, 3.05) is 25.2 Å². The molecule has 3 rings (SSSR count). The average molecular weight is 496 g/mol. The van der Waals surface area contributed by atoms with Crippen LogP contribution < -0.4 is 19.1 Å². The summed E-state index contributed by atoms with van der Waals surface area (Å²) in [5.41, 5.74) is 1.26. The molecular formula is C22H19Cl2NO4S2. The standard InChI is InChI=1S/C22H19Cl2NO4S2/c1-4-8-29-20-16(24)9-13(10-18(20)28-5-2)11-19-21(26)25(22(30)31-19)14-6-7-17(27-3)15(23)12-14/h4,6-7,9-12H,1,5,8H2,2-3H3/b19-11+. The Morgan fingerprint density at radius 1 is 1.16 bits per heavy atom. The van der Waals surface area contributed by atoms with Crippen LogP contribution in [0.4, 0.5) is 5.69 Å². The summed E-state index contributed by atoms with van der Waals surface area (Å²) in [5.74, 6) is 1.18. The molecule has 0 aromatic heterocycles. The molecule has 0 atom stereocenters. The SMILES string of the molecule is C=CCOc1c(Cl)cc(/C=C2/SC(=S)N(c3ccc(OC)c(Cl)c3)C2=O)cc1OCC. The van der Waals surface area contributed by atoms with E-state index in [4.69, 9.17) is 49.6 Å². The molecule has 0 spiro atoms. The average Bonchev–Trinajstić information content (AvgIpc) is 3.00. The number of thioether (sulfide) groups is 1. The molecule has 0 aliphatic carbocycles. The van der Waals surface area contributed by atoms with Crippen molar-refractivity contribution < 1.29 is 19.0 Å². The van der Waals surface area contributed by atoms with E-state index < -0.39 is 0 Å². The molecule has 2 aromatic carbocycles. The lowest BCUT2D eigenvalue weighted by Gasteiger charge is -2.16. The summed E-state index contributed by atoms with van der Waals surface area (Å²) in [4.78, 5) is 15.0. The van der Waals surface area contributed by atoms with Gasteiger partial charge in [0.25, 0.3) is 5.91 Å². The zero-order valence-corrected chi connectivity index (χ0v) is 20.0. The minimum atomic E-state index is -0.253. The van der Waals surface area contributed by atoms with E-state index >= 15 is 0 Å². The molecule has 0 saturated carbocycles. The van der Waals surface area contributed by atoms with E-state index in [1.807, 2.05) is 6.92 Å². The summed E-state index contributed by atoms with van der Waals surface area (Å²) in [6.45, 7) is 6.23. The summed E-state index contributed by atoms with van der Waals surface area (Å²) < 4.78 is 16.9. The van der Waals surface area contributed by atoms with E-state index in [0.717, 1.165) is 0 Å². The Morgan fingerprint density at radius 2 is 1.94 bits per heavy atom. The number of carbonyl (C=O) groups is 1. The summed E-state index contributed by atoms with van der Waals surface area (Å²) in [5, 5.41) is 0.762. The molecular weight excluding hydrogens is 477 g/mol. The number of amides is 1. The van der Waals surface area contributed by atoms with E-state index in [-0.39, 0.29) is 5.91 Å². The third-order valence-corrected chi connectivity index (χ3v) is 6.04. The van der Waals surface area contributed by atoms with E-state index in [2.05, 4.69) is 6.58 Å². The van der Waals surface area contributed by atoms with Crippen LogP contribution in [0.3, 0.4) is 0 Å². The Labute approximate surface area is 200 Å². The summed E-state index contributed by atoms with van der Waals surface area (Å²) in [7, 11) is 1.53. The Morgan fingerprint density at radius 3 is 2.58 bits per heavy atom. The van der Waals surface area contributed by atoms with Crippen molar-refractivity contribution in [2.24, 2.45) is 0 Å². The van der Waals surface area contributed by atoms with Gasteiger partial charge in [-0.3, -0.25) is 9.69 Å². The maximum Gasteiger partial charge on any atom is 0.270 e. The van der Waals surface area contributed by atoms with Gasteiger partial charge in [-0.1, -0.05) is 59.8 Å². The number of hydrogen-bond donors (Lipinski definition) is 0. The second-order valence-corrected chi connectivity index (χ2v) is 8.69. The van der Waals surface area contributed by atoms with Gasteiger partial charge in [-0.25, -0.2) is 0 Å².